The number of carboxylic acids is 1. The minimum Gasteiger partial charge on any atom is -0.481 e. The van der Waals surface area contributed by atoms with Crippen molar-refractivity contribution in [2.45, 2.75) is 20.8 Å². The summed E-state index contributed by atoms with van der Waals surface area (Å²) in [4.78, 5) is 11.3. The fraction of sp³-hybridized carbons (Fsp3) is 0.583. The summed E-state index contributed by atoms with van der Waals surface area (Å²) in [7, 11) is 0. The lowest BCUT2D eigenvalue weighted by molar-refractivity contribution is -0.145. The summed E-state index contributed by atoms with van der Waals surface area (Å²) in [6.45, 7) is 6.23. The zero-order chi connectivity index (χ0) is 11.7. The van der Waals surface area contributed by atoms with Crippen LogP contribution in [0.4, 0.5) is 0 Å². The van der Waals surface area contributed by atoms with Crippen molar-refractivity contribution in [2.24, 2.45) is 16.7 Å². The third kappa shape index (κ3) is 2.03. The third-order valence-corrected chi connectivity index (χ3v) is 4.17. The van der Waals surface area contributed by atoms with Gasteiger partial charge in [-0.05, 0) is 5.41 Å². The minimum absolute atomic E-state index is 0.0964. The van der Waals surface area contributed by atoms with E-state index in [9.17, 15) is 9.90 Å². The van der Waals surface area contributed by atoms with Crippen LogP contribution in [-0.4, -0.2) is 16.4 Å². The van der Waals surface area contributed by atoms with Crippen LogP contribution in [0, 0.1) is 16.7 Å². The molecule has 0 aliphatic heterocycles. The first kappa shape index (κ1) is 12.5. The van der Waals surface area contributed by atoms with E-state index in [1.165, 1.54) is 0 Å². The molecule has 2 unspecified atom stereocenters. The lowest BCUT2D eigenvalue weighted by atomic mass is 9.59. The normalized spacial score (nSPS) is 30.5. The second-order valence-corrected chi connectivity index (χ2v) is 5.54. The maximum absolute atomic E-state index is 11.3. The predicted molar refractivity (Wildman–Crippen MR) is 65.1 cm³/mol. The summed E-state index contributed by atoms with van der Waals surface area (Å²) in [6, 6.07) is 0. The van der Waals surface area contributed by atoms with Crippen LogP contribution >= 0.6 is 15.9 Å². The van der Waals surface area contributed by atoms with E-state index in [1.54, 1.807) is 6.08 Å². The molecule has 0 saturated carbocycles. The average molecular weight is 273 g/mol. The lowest BCUT2D eigenvalue weighted by Crippen LogP contribution is -2.45. The molecule has 84 valence electrons. The summed E-state index contributed by atoms with van der Waals surface area (Å²) in [6.07, 6.45) is 7.53. The smallest absolute Gasteiger partial charge is 0.311 e. The molecule has 0 saturated heterocycles. The van der Waals surface area contributed by atoms with Gasteiger partial charge in [-0.15, -0.1) is 0 Å². The first-order chi connectivity index (χ1) is 6.85. The number of rotatable bonds is 2. The van der Waals surface area contributed by atoms with Gasteiger partial charge in [-0.25, -0.2) is 0 Å². The van der Waals surface area contributed by atoms with Crippen molar-refractivity contribution in [2.75, 3.05) is 5.33 Å². The largest absolute Gasteiger partial charge is 0.481 e. The Hall–Kier alpha value is -0.570. The lowest BCUT2D eigenvalue weighted by Gasteiger charge is -2.45. The van der Waals surface area contributed by atoms with Gasteiger partial charge in [0.05, 0.1) is 5.92 Å². The van der Waals surface area contributed by atoms with Gasteiger partial charge in [0.15, 0.2) is 0 Å². The van der Waals surface area contributed by atoms with Gasteiger partial charge in [-0.1, -0.05) is 61.0 Å². The quantitative estimate of drug-likeness (QED) is 0.784. The van der Waals surface area contributed by atoms with Gasteiger partial charge < -0.3 is 5.11 Å². The molecule has 3 heteroatoms. The Labute approximate surface area is 99.2 Å². The Morgan fingerprint density at radius 3 is 2.40 bits per heavy atom. The Morgan fingerprint density at radius 2 is 2.07 bits per heavy atom. The van der Waals surface area contributed by atoms with Gasteiger partial charge in [0, 0.05) is 10.7 Å². The second kappa shape index (κ2) is 4.12. The van der Waals surface area contributed by atoms with Crippen LogP contribution in [-0.2, 0) is 4.79 Å². The Kier molecular flexibility index (Phi) is 3.44. The van der Waals surface area contributed by atoms with Crippen molar-refractivity contribution < 1.29 is 9.90 Å². The molecule has 2 nitrogen and oxygen atoms in total. The van der Waals surface area contributed by atoms with Crippen LogP contribution < -0.4 is 0 Å². The molecule has 1 aliphatic rings. The van der Waals surface area contributed by atoms with Gasteiger partial charge in [0.25, 0.3) is 0 Å². The molecule has 1 rings (SSSR count). The van der Waals surface area contributed by atoms with E-state index < -0.39 is 11.9 Å². The highest BCUT2D eigenvalue weighted by Crippen LogP contribution is 2.49. The molecular weight excluding hydrogens is 256 g/mol. The standard InChI is InChI=1S/C12H17BrO2/c1-11(2,3)12(8-13)7-5-4-6-9(12)10(14)15/h4-7,9H,8H2,1-3H3,(H,14,15). The van der Waals surface area contributed by atoms with E-state index in [0.29, 0.717) is 5.33 Å². The molecular formula is C12H17BrO2. The number of halogens is 1. The van der Waals surface area contributed by atoms with Gasteiger partial charge in [0.2, 0.25) is 0 Å². The number of alkyl halides is 1. The molecule has 0 spiro atoms. The highest BCUT2D eigenvalue weighted by molar-refractivity contribution is 9.09. The van der Waals surface area contributed by atoms with Crippen LogP contribution in [0.15, 0.2) is 24.3 Å². The molecule has 0 radical (unpaired) electrons. The third-order valence-electron chi connectivity index (χ3n) is 3.25. The zero-order valence-corrected chi connectivity index (χ0v) is 10.9. The van der Waals surface area contributed by atoms with Crippen LogP contribution in [0.3, 0.4) is 0 Å². The molecule has 0 aromatic heterocycles. The first-order valence-electron chi connectivity index (χ1n) is 5.00. The molecule has 0 amide bonds. The molecule has 15 heavy (non-hydrogen) atoms. The fourth-order valence-corrected chi connectivity index (χ4v) is 3.40. The second-order valence-electron chi connectivity index (χ2n) is 4.98. The van der Waals surface area contributed by atoms with E-state index in [0.717, 1.165) is 0 Å². The van der Waals surface area contributed by atoms with Crippen LogP contribution in [0.1, 0.15) is 20.8 Å². The number of aliphatic carboxylic acids is 1. The van der Waals surface area contributed by atoms with Crippen molar-refractivity contribution in [3.05, 3.63) is 24.3 Å². The highest BCUT2D eigenvalue weighted by Gasteiger charge is 2.48. The Morgan fingerprint density at radius 1 is 1.47 bits per heavy atom. The Balaban J connectivity index is 3.22. The van der Waals surface area contributed by atoms with E-state index in [1.807, 2.05) is 18.2 Å². The molecule has 0 aromatic rings. The van der Waals surface area contributed by atoms with Crippen molar-refractivity contribution in [3.8, 4) is 0 Å². The van der Waals surface area contributed by atoms with Crippen molar-refractivity contribution in [1.29, 1.82) is 0 Å². The summed E-state index contributed by atoms with van der Waals surface area (Å²) < 4.78 is 0. The van der Waals surface area contributed by atoms with Gasteiger partial charge >= 0.3 is 5.97 Å². The first-order valence-corrected chi connectivity index (χ1v) is 6.12. The minimum atomic E-state index is -0.759. The van der Waals surface area contributed by atoms with Gasteiger partial charge in [-0.3, -0.25) is 4.79 Å². The fourth-order valence-electron chi connectivity index (χ4n) is 2.03. The van der Waals surface area contributed by atoms with E-state index in [-0.39, 0.29) is 10.8 Å². The van der Waals surface area contributed by atoms with Crippen molar-refractivity contribution in [3.63, 3.8) is 0 Å². The maximum Gasteiger partial charge on any atom is 0.311 e. The SMILES string of the molecule is CC(C)(C)C1(CBr)C=CC=CC1C(=O)O. The number of carboxylic acid groups (broad SMARTS) is 1. The topological polar surface area (TPSA) is 37.3 Å². The van der Waals surface area contributed by atoms with Crippen molar-refractivity contribution in [1.82, 2.24) is 0 Å². The zero-order valence-electron chi connectivity index (χ0n) is 9.33. The van der Waals surface area contributed by atoms with Crippen LogP contribution in [0.25, 0.3) is 0 Å². The van der Waals surface area contributed by atoms with Crippen LogP contribution in [0.2, 0.25) is 0 Å². The number of hydrogen-bond donors (Lipinski definition) is 1. The maximum atomic E-state index is 11.3. The monoisotopic (exact) mass is 272 g/mol. The molecule has 2 atom stereocenters. The number of hydrogen-bond acceptors (Lipinski definition) is 1. The summed E-state index contributed by atoms with van der Waals surface area (Å²) in [5.41, 5.74) is -0.450. The average Bonchev–Trinajstić information content (AvgIpc) is 2.15. The molecule has 0 bridgehead atoms. The van der Waals surface area contributed by atoms with E-state index in [4.69, 9.17) is 0 Å². The summed E-state index contributed by atoms with van der Waals surface area (Å²) in [5.74, 6) is -1.22. The molecule has 0 heterocycles. The molecule has 1 aliphatic carbocycles. The van der Waals surface area contributed by atoms with Gasteiger partial charge in [-0.2, -0.15) is 0 Å². The van der Waals surface area contributed by atoms with Crippen molar-refractivity contribution >= 4 is 21.9 Å². The number of allylic oxidation sites excluding steroid dienone is 3. The van der Waals surface area contributed by atoms with Crippen LogP contribution in [0.5, 0.6) is 0 Å². The van der Waals surface area contributed by atoms with E-state index >= 15 is 0 Å². The van der Waals surface area contributed by atoms with E-state index in [2.05, 4.69) is 36.7 Å². The molecule has 0 fully saturated rings. The predicted octanol–water partition coefficient (Wildman–Crippen LogP) is 3.24. The highest BCUT2D eigenvalue weighted by atomic mass is 79.9. The Bertz CT molecular complexity index is 312. The molecule has 1 N–H and O–H groups in total. The molecule has 0 aromatic carbocycles. The van der Waals surface area contributed by atoms with Gasteiger partial charge in [0.1, 0.15) is 0 Å². The summed E-state index contributed by atoms with van der Waals surface area (Å²) >= 11 is 3.46. The summed E-state index contributed by atoms with van der Waals surface area (Å²) in [5, 5.41) is 9.92. The number of carbonyl (C=O) groups is 1.